The van der Waals surface area contributed by atoms with Crippen LogP contribution in [0.1, 0.15) is 21.5 Å². The summed E-state index contributed by atoms with van der Waals surface area (Å²) in [5.74, 6) is -0.114. The first-order valence-corrected chi connectivity index (χ1v) is 9.38. The zero-order valence-electron chi connectivity index (χ0n) is 16.6. The summed E-state index contributed by atoms with van der Waals surface area (Å²) in [5, 5.41) is 2.73. The topological polar surface area (TPSA) is 107 Å². The first-order chi connectivity index (χ1) is 14.9. The molecule has 3 aromatic rings. The number of rotatable bonds is 6. The number of halogens is 1. The first kappa shape index (κ1) is 20.1. The second-order valence-electron chi connectivity index (χ2n) is 6.88. The van der Waals surface area contributed by atoms with Crippen molar-refractivity contribution in [2.75, 3.05) is 12.4 Å². The molecule has 8 nitrogen and oxygen atoms in total. The molecule has 0 saturated carbocycles. The molecule has 0 saturated heterocycles. The van der Waals surface area contributed by atoms with E-state index in [2.05, 4.69) is 10.3 Å². The quantitative estimate of drug-likeness (QED) is 0.630. The molecule has 3 amide bonds. The van der Waals surface area contributed by atoms with Crippen LogP contribution in [0.25, 0.3) is 0 Å². The molecule has 1 aliphatic rings. The number of nitrogens with two attached hydrogens (primary N) is 1. The predicted octanol–water partition coefficient (Wildman–Crippen LogP) is 3.67. The Bertz CT molecular complexity index is 1150. The SMILES string of the molecule is COc1ccc(CN2Cc3c(Oc4ccc(C(N)=O)cc4F)ccnc3NC2=O)cc1. The van der Waals surface area contributed by atoms with Crippen molar-refractivity contribution in [3.05, 3.63) is 77.2 Å². The number of primary amides is 1. The second kappa shape index (κ2) is 8.31. The van der Waals surface area contributed by atoms with E-state index >= 15 is 0 Å². The normalized spacial score (nSPS) is 12.7. The number of amides is 3. The van der Waals surface area contributed by atoms with Gasteiger partial charge in [0.2, 0.25) is 5.91 Å². The molecule has 31 heavy (non-hydrogen) atoms. The van der Waals surface area contributed by atoms with Crippen LogP contribution in [0.15, 0.2) is 54.7 Å². The van der Waals surface area contributed by atoms with Crippen molar-refractivity contribution < 1.29 is 23.5 Å². The fourth-order valence-electron chi connectivity index (χ4n) is 3.21. The van der Waals surface area contributed by atoms with E-state index in [0.717, 1.165) is 17.4 Å². The number of fused-ring (bicyclic) bond motifs is 1. The maximum atomic E-state index is 14.4. The Morgan fingerprint density at radius 2 is 1.97 bits per heavy atom. The van der Waals surface area contributed by atoms with E-state index in [1.165, 1.54) is 18.3 Å². The highest BCUT2D eigenvalue weighted by Crippen LogP contribution is 2.34. The van der Waals surface area contributed by atoms with Gasteiger partial charge in [0.1, 0.15) is 17.3 Å². The van der Waals surface area contributed by atoms with Crippen molar-refractivity contribution in [1.29, 1.82) is 0 Å². The number of pyridine rings is 1. The van der Waals surface area contributed by atoms with Crippen molar-refractivity contribution in [3.63, 3.8) is 0 Å². The predicted molar refractivity (Wildman–Crippen MR) is 110 cm³/mol. The van der Waals surface area contributed by atoms with Crippen LogP contribution in [0.2, 0.25) is 0 Å². The van der Waals surface area contributed by atoms with E-state index in [1.54, 1.807) is 18.1 Å². The fourth-order valence-corrected chi connectivity index (χ4v) is 3.21. The molecule has 3 N–H and O–H groups in total. The van der Waals surface area contributed by atoms with Crippen LogP contribution in [0.5, 0.6) is 17.2 Å². The molecule has 2 aromatic carbocycles. The van der Waals surface area contributed by atoms with Crippen molar-refractivity contribution in [1.82, 2.24) is 9.88 Å². The van der Waals surface area contributed by atoms with Gasteiger partial charge < -0.3 is 20.1 Å². The van der Waals surface area contributed by atoms with Gasteiger partial charge in [0, 0.05) is 18.3 Å². The molecular formula is C22H19FN4O4. The summed E-state index contributed by atoms with van der Waals surface area (Å²) in [7, 11) is 1.59. The highest BCUT2D eigenvalue weighted by molar-refractivity contribution is 5.93. The van der Waals surface area contributed by atoms with Crippen molar-refractivity contribution >= 4 is 17.8 Å². The lowest BCUT2D eigenvalue weighted by atomic mass is 10.1. The van der Waals surface area contributed by atoms with Crippen LogP contribution in [0.3, 0.4) is 0 Å². The zero-order chi connectivity index (χ0) is 22.0. The summed E-state index contributed by atoms with van der Waals surface area (Å²) < 4.78 is 25.3. The maximum Gasteiger partial charge on any atom is 0.323 e. The number of benzene rings is 2. The van der Waals surface area contributed by atoms with Crippen LogP contribution >= 0.6 is 0 Å². The highest BCUT2D eigenvalue weighted by Gasteiger charge is 2.27. The van der Waals surface area contributed by atoms with Crippen molar-refractivity contribution in [2.45, 2.75) is 13.1 Å². The number of nitrogens with one attached hydrogen (secondary N) is 1. The van der Waals surface area contributed by atoms with Crippen LogP contribution < -0.4 is 20.5 Å². The third-order valence-corrected chi connectivity index (χ3v) is 4.84. The fraction of sp³-hybridized carbons (Fsp3) is 0.136. The Morgan fingerprint density at radius 1 is 1.19 bits per heavy atom. The molecule has 0 atom stereocenters. The Morgan fingerprint density at radius 3 is 2.65 bits per heavy atom. The molecule has 0 spiro atoms. The number of ether oxygens (including phenoxy) is 2. The van der Waals surface area contributed by atoms with Gasteiger partial charge in [0.15, 0.2) is 11.6 Å². The number of carbonyl (C=O) groups excluding carboxylic acids is 2. The average molecular weight is 422 g/mol. The molecule has 158 valence electrons. The number of urea groups is 1. The molecule has 0 bridgehead atoms. The minimum atomic E-state index is -0.733. The van der Waals surface area contributed by atoms with Gasteiger partial charge in [-0.2, -0.15) is 0 Å². The van der Waals surface area contributed by atoms with E-state index in [-0.39, 0.29) is 23.9 Å². The molecule has 0 aliphatic carbocycles. The van der Waals surface area contributed by atoms with E-state index in [0.29, 0.717) is 23.7 Å². The zero-order valence-corrected chi connectivity index (χ0v) is 16.6. The summed E-state index contributed by atoms with van der Waals surface area (Å²) >= 11 is 0. The Labute approximate surface area is 177 Å². The smallest absolute Gasteiger partial charge is 0.323 e. The summed E-state index contributed by atoms with van der Waals surface area (Å²) in [4.78, 5) is 29.5. The molecule has 4 rings (SSSR count). The summed E-state index contributed by atoms with van der Waals surface area (Å²) in [6.45, 7) is 0.572. The van der Waals surface area contributed by atoms with Gasteiger partial charge in [-0.15, -0.1) is 0 Å². The van der Waals surface area contributed by atoms with Crippen LogP contribution in [-0.4, -0.2) is 28.9 Å². The average Bonchev–Trinajstić information content (AvgIpc) is 2.76. The van der Waals surface area contributed by atoms with Crippen LogP contribution in [0.4, 0.5) is 15.0 Å². The lowest BCUT2D eigenvalue weighted by Gasteiger charge is -2.29. The second-order valence-corrected chi connectivity index (χ2v) is 6.88. The largest absolute Gasteiger partial charge is 0.497 e. The Balaban J connectivity index is 1.58. The molecule has 1 aromatic heterocycles. The van der Waals surface area contributed by atoms with Gasteiger partial charge in [0.05, 0.1) is 19.2 Å². The molecule has 0 radical (unpaired) electrons. The van der Waals surface area contributed by atoms with E-state index in [1.807, 2.05) is 24.3 Å². The van der Waals surface area contributed by atoms with Crippen LogP contribution in [-0.2, 0) is 13.1 Å². The summed E-state index contributed by atoms with van der Waals surface area (Å²) in [5.41, 5.74) is 6.74. The standard InChI is InChI=1S/C22H19FN4O4/c1-30-15-5-2-13(3-6-15)11-27-12-16-18(8-9-25-21(16)26-22(27)29)31-19-7-4-14(20(24)28)10-17(19)23/h2-10H,11-12H2,1H3,(H2,24,28)(H,25,26,29). The van der Waals surface area contributed by atoms with Crippen LogP contribution in [0, 0.1) is 5.82 Å². The molecule has 1 aliphatic heterocycles. The number of nitrogens with zero attached hydrogens (tertiary/aromatic N) is 2. The number of methoxy groups -OCH3 is 1. The lowest BCUT2D eigenvalue weighted by molar-refractivity contribution is 0.0999. The molecule has 0 fully saturated rings. The maximum absolute atomic E-state index is 14.4. The van der Waals surface area contributed by atoms with Gasteiger partial charge in [-0.3, -0.25) is 10.1 Å². The molecule has 2 heterocycles. The van der Waals surface area contributed by atoms with E-state index < -0.39 is 11.7 Å². The van der Waals surface area contributed by atoms with Gasteiger partial charge in [-0.05, 0) is 42.0 Å². The first-order valence-electron chi connectivity index (χ1n) is 9.38. The van der Waals surface area contributed by atoms with E-state index in [4.69, 9.17) is 15.2 Å². The van der Waals surface area contributed by atoms with Gasteiger partial charge in [0.25, 0.3) is 0 Å². The number of carbonyl (C=O) groups is 2. The number of anilines is 1. The number of hydrogen-bond donors (Lipinski definition) is 2. The Kier molecular flexibility index (Phi) is 5.40. The van der Waals surface area contributed by atoms with Gasteiger partial charge >= 0.3 is 6.03 Å². The number of hydrogen-bond acceptors (Lipinski definition) is 5. The minimum absolute atomic E-state index is 0.0412. The number of aromatic nitrogens is 1. The van der Waals surface area contributed by atoms with Crippen molar-refractivity contribution in [2.24, 2.45) is 5.73 Å². The third kappa shape index (κ3) is 4.25. The van der Waals surface area contributed by atoms with E-state index in [9.17, 15) is 14.0 Å². The monoisotopic (exact) mass is 422 g/mol. The Hall–Kier alpha value is -4.14. The van der Waals surface area contributed by atoms with Gasteiger partial charge in [-0.25, -0.2) is 14.2 Å². The summed E-state index contributed by atoms with van der Waals surface area (Å²) in [6, 6.07) is 12.4. The molecule has 0 unspecified atom stereocenters. The van der Waals surface area contributed by atoms with Gasteiger partial charge in [-0.1, -0.05) is 12.1 Å². The molecular weight excluding hydrogens is 403 g/mol. The van der Waals surface area contributed by atoms with Crippen molar-refractivity contribution in [3.8, 4) is 17.2 Å². The highest BCUT2D eigenvalue weighted by atomic mass is 19.1. The molecule has 9 heteroatoms. The summed E-state index contributed by atoms with van der Waals surface area (Å²) in [6.07, 6.45) is 1.46. The third-order valence-electron chi connectivity index (χ3n) is 4.84. The minimum Gasteiger partial charge on any atom is -0.497 e. The lowest BCUT2D eigenvalue weighted by Crippen LogP contribution is -2.38.